The van der Waals surface area contributed by atoms with Gasteiger partial charge in [-0.3, -0.25) is 0 Å². The van der Waals surface area contributed by atoms with Gasteiger partial charge >= 0.3 is 0 Å². The molecule has 3 aromatic rings. The van der Waals surface area contributed by atoms with E-state index in [-0.39, 0.29) is 0 Å². The van der Waals surface area contributed by atoms with Gasteiger partial charge < -0.3 is 4.57 Å². The van der Waals surface area contributed by atoms with E-state index in [0.29, 0.717) is 5.25 Å². The van der Waals surface area contributed by atoms with E-state index in [4.69, 9.17) is 0 Å². The quantitative estimate of drug-likeness (QED) is 0.345. The van der Waals surface area contributed by atoms with E-state index in [1.54, 1.807) is 0 Å². The highest BCUT2D eigenvalue weighted by Gasteiger charge is 2.13. The Kier molecular flexibility index (Phi) is 7.63. The summed E-state index contributed by atoms with van der Waals surface area (Å²) in [5.74, 6) is 1.23. The Morgan fingerprint density at radius 1 is 0.962 bits per heavy atom. The second-order valence-corrected chi connectivity index (χ2v) is 8.30. The van der Waals surface area contributed by atoms with Crippen LogP contribution in [-0.2, 0) is 6.54 Å². The van der Waals surface area contributed by atoms with E-state index in [9.17, 15) is 0 Å². The molecule has 0 saturated carbocycles. The third-order valence-corrected chi connectivity index (χ3v) is 6.25. The Bertz CT molecular complexity index is 767. The van der Waals surface area contributed by atoms with Crippen LogP contribution in [0.1, 0.15) is 56.3 Å². The molecule has 0 N–H and O–H groups in total. The third-order valence-electron chi connectivity index (χ3n) is 4.90. The summed E-state index contributed by atoms with van der Waals surface area (Å²) in [6.45, 7) is 3.26. The molecule has 0 aliphatic carbocycles. The summed E-state index contributed by atoms with van der Waals surface area (Å²) < 4.78 is 2.20. The van der Waals surface area contributed by atoms with Crippen molar-refractivity contribution >= 4 is 22.5 Å². The fraction of sp³-hybridized carbons (Fsp3) is 0.435. The number of unbranched alkanes of at least 4 members (excludes halogenated alkanes) is 5. The Labute approximate surface area is 162 Å². The molecule has 2 aromatic carbocycles. The molecule has 3 rings (SSSR count). The summed E-state index contributed by atoms with van der Waals surface area (Å²) in [6, 6.07) is 15.6. The molecule has 3 heteroatoms. The number of imidazole rings is 1. The standard InChI is InChI=1S/C23H30N2S/c1-2-3-4-5-6-9-16-26-23(18-25-15-14-24-19-25)22-13-12-20-10-7-8-11-21(20)17-22/h7-8,10-15,17,19,23H,2-6,9,16,18H2,1H3. The van der Waals surface area contributed by atoms with E-state index in [1.165, 1.54) is 60.6 Å². The number of nitrogens with zero attached hydrogens (tertiary/aromatic N) is 2. The molecule has 138 valence electrons. The molecule has 1 unspecified atom stereocenters. The first-order valence-corrected chi connectivity index (χ1v) is 11.0. The maximum atomic E-state index is 4.21. The molecule has 1 atom stereocenters. The van der Waals surface area contributed by atoms with E-state index in [0.717, 1.165) is 6.54 Å². The van der Waals surface area contributed by atoms with Gasteiger partial charge in [0, 0.05) is 24.2 Å². The lowest BCUT2D eigenvalue weighted by Crippen LogP contribution is -2.06. The van der Waals surface area contributed by atoms with Crippen molar-refractivity contribution in [1.29, 1.82) is 0 Å². The Morgan fingerprint density at radius 2 is 1.77 bits per heavy atom. The van der Waals surface area contributed by atoms with Gasteiger partial charge in [-0.2, -0.15) is 11.8 Å². The molecule has 0 amide bonds. The van der Waals surface area contributed by atoms with E-state index in [2.05, 4.69) is 76.9 Å². The Hall–Kier alpha value is -1.74. The molecule has 1 heterocycles. The van der Waals surface area contributed by atoms with Gasteiger partial charge in [0.05, 0.1) is 6.33 Å². The van der Waals surface area contributed by atoms with Gasteiger partial charge in [-0.05, 0) is 34.6 Å². The molecular weight excluding hydrogens is 336 g/mol. The number of hydrogen-bond acceptors (Lipinski definition) is 2. The summed E-state index contributed by atoms with van der Waals surface area (Å²) in [6.07, 6.45) is 14.0. The Balaban J connectivity index is 1.62. The van der Waals surface area contributed by atoms with Crippen molar-refractivity contribution in [2.75, 3.05) is 5.75 Å². The van der Waals surface area contributed by atoms with Crippen molar-refractivity contribution in [3.8, 4) is 0 Å². The monoisotopic (exact) mass is 366 g/mol. The summed E-state index contributed by atoms with van der Waals surface area (Å²) in [5, 5.41) is 3.13. The number of thioether (sulfide) groups is 1. The van der Waals surface area contributed by atoms with Gasteiger partial charge in [0.1, 0.15) is 0 Å². The zero-order valence-electron chi connectivity index (χ0n) is 15.8. The highest BCUT2D eigenvalue weighted by molar-refractivity contribution is 7.99. The summed E-state index contributed by atoms with van der Waals surface area (Å²) in [5.41, 5.74) is 1.42. The van der Waals surface area contributed by atoms with Crippen molar-refractivity contribution in [2.45, 2.75) is 57.2 Å². The average Bonchev–Trinajstić information content (AvgIpc) is 3.19. The zero-order chi connectivity index (χ0) is 18.0. The van der Waals surface area contributed by atoms with Crippen molar-refractivity contribution in [3.63, 3.8) is 0 Å². The van der Waals surface area contributed by atoms with Crippen LogP contribution in [0.25, 0.3) is 10.8 Å². The highest BCUT2D eigenvalue weighted by Crippen LogP contribution is 2.33. The minimum absolute atomic E-state index is 0.476. The first kappa shape index (κ1) is 19.0. The van der Waals surface area contributed by atoms with Gasteiger partial charge in [-0.1, -0.05) is 75.4 Å². The zero-order valence-corrected chi connectivity index (χ0v) is 16.6. The van der Waals surface area contributed by atoms with Gasteiger partial charge in [0.2, 0.25) is 0 Å². The molecule has 2 nitrogen and oxygen atoms in total. The van der Waals surface area contributed by atoms with E-state index >= 15 is 0 Å². The molecule has 1 aromatic heterocycles. The molecule has 0 radical (unpaired) electrons. The second-order valence-electron chi connectivity index (χ2n) is 6.99. The normalized spacial score (nSPS) is 12.5. The molecule has 26 heavy (non-hydrogen) atoms. The molecule has 0 aliphatic rings. The summed E-state index contributed by atoms with van der Waals surface area (Å²) >= 11 is 2.10. The van der Waals surface area contributed by atoms with Gasteiger partial charge in [0.15, 0.2) is 0 Å². The predicted octanol–water partition coefficient (Wildman–Crippen LogP) is 6.87. The maximum Gasteiger partial charge on any atom is 0.0946 e. The van der Waals surface area contributed by atoms with E-state index in [1.807, 2.05) is 12.5 Å². The lowest BCUT2D eigenvalue weighted by molar-refractivity contribution is 0.625. The molecule has 0 saturated heterocycles. The lowest BCUT2D eigenvalue weighted by atomic mass is 10.0. The molecule has 0 aliphatic heterocycles. The minimum atomic E-state index is 0.476. The second kappa shape index (κ2) is 10.4. The maximum absolute atomic E-state index is 4.21. The number of hydrogen-bond donors (Lipinski definition) is 0. The van der Waals surface area contributed by atoms with E-state index < -0.39 is 0 Å². The molecular formula is C23H30N2S. The van der Waals surface area contributed by atoms with Gasteiger partial charge in [0.25, 0.3) is 0 Å². The number of fused-ring (bicyclic) bond motifs is 1. The van der Waals surface area contributed by atoms with Crippen molar-refractivity contribution in [1.82, 2.24) is 9.55 Å². The lowest BCUT2D eigenvalue weighted by Gasteiger charge is -2.18. The van der Waals surface area contributed by atoms with Crippen LogP contribution in [0, 0.1) is 0 Å². The molecule has 0 spiro atoms. The average molecular weight is 367 g/mol. The molecule has 0 bridgehead atoms. The number of benzene rings is 2. The van der Waals surface area contributed by atoms with Crippen LogP contribution in [0.2, 0.25) is 0 Å². The van der Waals surface area contributed by atoms with Crippen molar-refractivity contribution < 1.29 is 0 Å². The van der Waals surface area contributed by atoms with Crippen LogP contribution < -0.4 is 0 Å². The predicted molar refractivity (Wildman–Crippen MR) is 115 cm³/mol. The van der Waals surface area contributed by atoms with Gasteiger partial charge in [-0.15, -0.1) is 0 Å². The number of aromatic nitrogens is 2. The smallest absolute Gasteiger partial charge is 0.0946 e. The van der Waals surface area contributed by atoms with Crippen LogP contribution in [0.5, 0.6) is 0 Å². The third kappa shape index (κ3) is 5.63. The van der Waals surface area contributed by atoms with Crippen LogP contribution in [0.4, 0.5) is 0 Å². The fourth-order valence-corrected chi connectivity index (χ4v) is 4.63. The first-order chi connectivity index (χ1) is 12.9. The van der Waals surface area contributed by atoms with Crippen molar-refractivity contribution in [3.05, 3.63) is 66.7 Å². The van der Waals surface area contributed by atoms with Crippen LogP contribution in [0.15, 0.2) is 61.2 Å². The van der Waals surface area contributed by atoms with Gasteiger partial charge in [-0.25, -0.2) is 4.98 Å². The largest absolute Gasteiger partial charge is 0.336 e. The minimum Gasteiger partial charge on any atom is -0.336 e. The summed E-state index contributed by atoms with van der Waals surface area (Å²) in [4.78, 5) is 4.21. The van der Waals surface area contributed by atoms with Crippen molar-refractivity contribution in [2.24, 2.45) is 0 Å². The topological polar surface area (TPSA) is 17.8 Å². The fourth-order valence-electron chi connectivity index (χ4n) is 3.36. The van der Waals surface area contributed by atoms with Crippen LogP contribution in [0.3, 0.4) is 0 Å². The first-order valence-electron chi connectivity index (χ1n) is 9.93. The summed E-state index contributed by atoms with van der Waals surface area (Å²) in [7, 11) is 0. The Morgan fingerprint density at radius 3 is 2.58 bits per heavy atom. The van der Waals surface area contributed by atoms with Crippen LogP contribution >= 0.6 is 11.8 Å². The highest BCUT2D eigenvalue weighted by atomic mass is 32.2. The van der Waals surface area contributed by atoms with Crippen LogP contribution in [-0.4, -0.2) is 15.3 Å². The SMILES string of the molecule is CCCCCCCCSC(Cn1ccnc1)c1ccc2ccccc2c1. The number of rotatable bonds is 11. The molecule has 0 fully saturated rings.